The van der Waals surface area contributed by atoms with Crippen LogP contribution in [0.5, 0.6) is 0 Å². The summed E-state index contributed by atoms with van der Waals surface area (Å²) in [6.45, 7) is 7.77. The molecule has 1 aliphatic carbocycles. The molecule has 0 saturated carbocycles. The van der Waals surface area contributed by atoms with Gasteiger partial charge in [0.1, 0.15) is 0 Å². The molecular formula is C19H24N2O2. The van der Waals surface area contributed by atoms with E-state index in [9.17, 15) is 4.79 Å². The summed E-state index contributed by atoms with van der Waals surface area (Å²) in [5.41, 5.74) is 4.23. The van der Waals surface area contributed by atoms with Crippen molar-refractivity contribution < 1.29 is 9.53 Å². The molecule has 0 bridgehead atoms. The van der Waals surface area contributed by atoms with E-state index in [0.29, 0.717) is 12.6 Å². The van der Waals surface area contributed by atoms with Gasteiger partial charge < -0.3 is 15.4 Å². The Bertz CT molecular complexity index is 707. The Kier molecular flexibility index (Phi) is 3.11. The zero-order chi connectivity index (χ0) is 16.2. The molecule has 1 aromatic carbocycles. The van der Waals surface area contributed by atoms with Gasteiger partial charge in [-0.1, -0.05) is 32.0 Å². The fourth-order valence-electron chi connectivity index (χ4n) is 4.98. The lowest BCUT2D eigenvalue weighted by Gasteiger charge is -2.47. The molecule has 0 aromatic heterocycles. The summed E-state index contributed by atoms with van der Waals surface area (Å²) in [6, 6.07) is 8.80. The molecule has 0 radical (unpaired) electrons. The molecule has 4 heteroatoms. The van der Waals surface area contributed by atoms with Crippen molar-refractivity contribution in [1.29, 1.82) is 0 Å². The molecule has 122 valence electrons. The third kappa shape index (κ3) is 1.84. The molecule has 2 aliphatic heterocycles. The lowest BCUT2D eigenvalue weighted by Crippen LogP contribution is -2.54. The van der Waals surface area contributed by atoms with Crippen LogP contribution >= 0.6 is 0 Å². The standard InChI is InChI=1S/C19H24N2O2/c1-4-23-16(22)12-11-18(2,3)17-19(9-10-20-17)13-7-5-6-8-14(13)21-15(12)19/h5-8,17,20-21H,4,9-11H2,1-3H3. The van der Waals surface area contributed by atoms with Crippen LogP contribution in [0.2, 0.25) is 0 Å². The quantitative estimate of drug-likeness (QED) is 0.824. The maximum atomic E-state index is 12.6. The van der Waals surface area contributed by atoms with Crippen LogP contribution in [0.15, 0.2) is 35.5 Å². The second-order valence-corrected chi connectivity index (χ2v) is 7.52. The highest BCUT2D eigenvalue weighted by atomic mass is 16.5. The highest BCUT2D eigenvalue weighted by molar-refractivity contribution is 5.93. The number of anilines is 1. The summed E-state index contributed by atoms with van der Waals surface area (Å²) in [5.74, 6) is -0.166. The van der Waals surface area contributed by atoms with E-state index in [1.54, 1.807) is 0 Å². The summed E-state index contributed by atoms with van der Waals surface area (Å²) in [5, 5.41) is 7.28. The lowest BCUT2D eigenvalue weighted by molar-refractivity contribution is -0.139. The Morgan fingerprint density at radius 2 is 2.13 bits per heavy atom. The minimum absolute atomic E-state index is 0.00122. The molecule has 4 rings (SSSR count). The number of hydrogen-bond donors (Lipinski definition) is 2. The number of nitrogens with one attached hydrogen (secondary N) is 2. The molecule has 2 unspecified atom stereocenters. The monoisotopic (exact) mass is 312 g/mol. The third-order valence-corrected chi connectivity index (χ3v) is 5.71. The lowest BCUT2D eigenvalue weighted by atomic mass is 9.58. The Balaban J connectivity index is 1.96. The maximum absolute atomic E-state index is 12.6. The van der Waals surface area contributed by atoms with Gasteiger partial charge in [0.15, 0.2) is 0 Å². The van der Waals surface area contributed by atoms with Crippen LogP contribution in [-0.4, -0.2) is 25.2 Å². The zero-order valence-electron chi connectivity index (χ0n) is 14.0. The second kappa shape index (κ2) is 4.84. The van der Waals surface area contributed by atoms with E-state index in [0.717, 1.165) is 36.3 Å². The van der Waals surface area contributed by atoms with Gasteiger partial charge in [0.2, 0.25) is 0 Å². The van der Waals surface area contributed by atoms with Crippen LogP contribution in [0.1, 0.15) is 39.2 Å². The number of esters is 1. The van der Waals surface area contributed by atoms with Gasteiger partial charge in [-0.25, -0.2) is 4.79 Å². The fourth-order valence-corrected chi connectivity index (χ4v) is 4.98. The highest BCUT2D eigenvalue weighted by Crippen LogP contribution is 2.59. The van der Waals surface area contributed by atoms with Gasteiger partial charge in [-0.15, -0.1) is 0 Å². The number of fused-ring (bicyclic) bond motifs is 1. The van der Waals surface area contributed by atoms with Crippen molar-refractivity contribution >= 4 is 11.7 Å². The van der Waals surface area contributed by atoms with Crippen molar-refractivity contribution in [1.82, 2.24) is 5.32 Å². The van der Waals surface area contributed by atoms with E-state index in [1.807, 2.05) is 13.0 Å². The average molecular weight is 312 g/mol. The summed E-state index contributed by atoms with van der Waals surface area (Å²) in [4.78, 5) is 12.6. The van der Waals surface area contributed by atoms with Gasteiger partial charge in [0.25, 0.3) is 0 Å². The van der Waals surface area contributed by atoms with Crippen LogP contribution < -0.4 is 10.6 Å². The predicted molar refractivity (Wildman–Crippen MR) is 90.2 cm³/mol. The Morgan fingerprint density at radius 3 is 2.91 bits per heavy atom. The van der Waals surface area contributed by atoms with Crippen molar-refractivity contribution in [3.05, 3.63) is 41.1 Å². The first kappa shape index (κ1) is 14.8. The van der Waals surface area contributed by atoms with Crippen molar-refractivity contribution in [2.75, 3.05) is 18.5 Å². The summed E-state index contributed by atoms with van der Waals surface area (Å²) in [7, 11) is 0. The summed E-state index contributed by atoms with van der Waals surface area (Å²) in [6.07, 6.45) is 1.75. The number of benzene rings is 1. The molecule has 1 aromatic rings. The molecule has 1 spiro atoms. The summed E-state index contributed by atoms with van der Waals surface area (Å²) < 4.78 is 5.37. The van der Waals surface area contributed by atoms with Crippen LogP contribution in [0.25, 0.3) is 0 Å². The Hall–Kier alpha value is -1.81. The molecule has 0 amide bonds. The smallest absolute Gasteiger partial charge is 0.335 e. The van der Waals surface area contributed by atoms with Gasteiger partial charge in [-0.3, -0.25) is 0 Å². The normalized spacial score (nSPS) is 30.3. The van der Waals surface area contributed by atoms with Crippen molar-refractivity contribution in [3.63, 3.8) is 0 Å². The van der Waals surface area contributed by atoms with Gasteiger partial charge in [-0.05, 0) is 43.4 Å². The minimum atomic E-state index is -0.166. The van der Waals surface area contributed by atoms with Crippen LogP contribution in [0, 0.1) is 5.41 Å². The SMILES string of the molecule is CCOC(=O)C1=C2Nc3ccccc3C23CCNC3C(C)(C)C1. The van der Waals surface area contributed by atoms with Gasteiger partial charge in [0, 0.05) is 17.4 Å². The van der Waals surface area contributed by atoms with Gasteiger partial charge in [0.05, 0.1) is 17.6 Å². The number of rotatable bonds is 2. The average Bonchev–Trinajstić information content (AvgIpc) is 3.10. The van der Waals surface area contributed by atoms with Gasteiger partial charge >= 0.3 is 5.97 Å². The van der Waals surface area contributed by atoms with Crippen LogP contribution in [0.4, 0.5) is 5.69 Å². The Morgan fingerprint density at radius 1 is 1.35 bits per heavy atom. The van der Waals surface area contributed by atoms with E-state index in [2.05, 4.69) is 42.7 Å². The number of carbonyl (C=O) groups excluding carboxylic acids is 1. The molecular weight excluding hydrogens is 288 g/mol. The van der Waals surface area contributed by atoms with Crippen LogP contribution in [-0.2, 0) is 14.9 Å². The van der Waals surface area contributed by atoms with E-state index in [4.69, 9.17) is 4.74 Å². The number of ether oxygens (including phenoxy) is 1. The molecule has 3 aliphatic rings. The third-order valence-electron chi connectivity index (χ3n) is 5.71. The topological polar surface area (TPSA) is 50.4 Å². The zero-order valence-corrected chi connectivity index (χ0v) is 14.0. The second-order valence-electron chi connectivity index (χ2n) is 7.52. The number of hydrogen-bond acceptors (Lipinski definition) is 4. The number of para-hydroxylation sites is 1. The number of carbonyl (C=O) groups is 1. The van der Waals surface area contributed by atoms with Crippen molar-refractivity contribution in [2.24, 2.45) is 5.41 Å². The first-order valence-electron chi connectivity index (χ1n) is 8.51. The molecule has 2 heterocycles. The van der Waals surface area contributed by atoms with Gasteiger partial charge in [-0.2, -0.15) is 0 Å². The van der Waals surface area contributed by atoms with E-state index in [1.165, 1.54) is 5.56 Å². The van der Waals surface area contributed by atoms with Crippen molar-refractivity contribution in [2.45, 2.75) is 45.1 Å². The molecule has 1 saturated heterocycles. The summed E-state index contributed by atoms with van der Waals surface area (Å²) >= 11 is 0. The highest BCUT2D eigenvalue weighted by Gasteiger charge is 2.60. The van der Waals surface area contributed by atoms with Crippen molar-refractivity contribution in [3.8, 4) is 0 Å². The minimum Gasteiger partial charge on any atom is -0.463 e. The Labute approximate surface area is 137 Å². The van der Waals surface area contributed by atoms with E-state index in [-0.39, 0.29) is 16.8 Å². The first-order chi connectivity index (χ1) is 11.0. The molecule has 2 N–H and O–H groups in total. The van der Waals surface area contributed by atoms with Crippen LogP contribution in [0.3, 0.4) is 0 Å². The molecule has 23 heavy (non-hydrogen) atoms. The maximum Gasteiger partial charge on any atom is 0.335 e. The molecule has 1 fully saturated rings. The largest absolute Gasteiger partial charge is 0.463 e. The fraction of sp³-hybridized carbons (Fsp3) is 0.526. The predicted octanol–water partition coefficient (Wildman–Crippen LogP) is 2.96. The molecule has 4 nitrogen and oxygen atoms in total. The van der Waals surface area contributed by atoms with E-state index >= 15 is 0 Å². The first-order valence-corrected chi connectivity index (χ1v) is 8.51. The molecule has 2 atom stereocenters. The van der Waals surface area contributed by atoms with E-state index < -0.39 is 0 Å².